The smallest absolute Gasteiger partial charge is 0.326 e. The Bertz CT molecular complexity index is 462. The number of benzene rings is 1. The number of amides is 1. The first-order valence-corrected chi connectivity index (χ1v) is 5.55. The zero-order chi connectivity index (χ0) is 13.2. The highest BCUT2D eigenvalue weighted by Crippen LogP contribution is 2.26. The lowest BCUT2D eigenvalue weighted by Crippen LogP contribution is -2.40. The lowest BCUT2D eigenvalue weighted by atomic mass is 10.1. The van der Waals surface area contributed by atoms with Crippen molar-refractivity contribution in [3.05, 3.63) is 33.8 Å². The number of carbonyl (C=O) groups excluding carboxylic acids is 1. The highest BCUT2D eigenvalue weighted by molar-refractivity contribution is 6.43. The Morgan fingerprint density at radius 1 is 1.35 bits per heavy atom. The molecule has 1 amide bonds. The molecule has 0 radical (unpaired) electrons. The van der Waals surface area contributed by atoms with Crippen molar-refractivity contribution in [3.8, 4) is 0 Å². The van der Waals surface area contributed by atoms with Gasteiger partial charge in [0, 0.05) is 7.05 Å². The van der Waals surface area contributed by atoms with Gasteiger partial charge in [-0.15, -0.1) is 0 Å². The number of likely N-dealkylation sites (N-methyl/N-ethyl adjacent to an activating group) is 1. The van der Waals surface area contributed by atoms with Crippen molar-refractivity contribution < 1.29 is 14.7 Å². The van der Waals surface area contributed by atoms with E-state index in [-0.39, 0.29) is 15.6 Å². The molecule has 0 aliphatic heterocycles. The topological polar surface area (TPSA) is 57.6 Å². The van der Waals surface area contributed by atoms with Gasteiger partial charge in [-0.2, -0.15) is 0 Å². The average Bonchev–Trinajstić information content (AvgIpc) is 2.29. The van der Waals surface area contributed by atoms with E-state index in [1.165, 1.54) is 20.0 Å². The summed E-state index contributed by atoms with van der Waals surface area (Å²) in [4.78, 5) is 23.9. The second-order valence-electron chi connectivity index (χ2n) is 3.53. The summed E-state index contributed by atoms with van der Waals surface area (Å²) in [6.07, 6.45) is 0. The summed E-state index contributed by atoms with van der Waals surface area (Å²) in [5, 5.41) is 9.21. The quantitative estimate of drug-likeness (QED) is 0.922. The molecule has 17 heavy (non-hydrogen) atoms. The molecule has 1 aromatic rings. The van der Waals surface area contributed by atoms with Crippen LogP contribution >= 0.6 is 23.2 Å². The third kappa shape index (κ3) is 2.90. The zero-order valence-electron chi connectivity index (χ0n) is 9.28. The fraction of sp³-hybridized carbons (Fsp3) is 0.273. The number of carboxylic acid groups (broad SMARTS) is 1. The average molecular weight is 276 g/mol. The molecule has 0 saturated carbocycles. The predicted molar refractivity (Wildman–Crippen MR) is 65.7 cm³/mol. The number of halogens is 2. The fourth-order valence-electron chi connectivity index (χ4n) is 1.20. The monoisotopic (exact) mass is 275 g/mol. The van der Waals surface area contributed by atoms with Crippen molar-refractivity contribution in [1.29, 1.82) is 0 Å². The molecule has 0 aliphatic rings. The van der Waals surface area contributed by atoms with Crippen molar-refractivity contribution in [2.24, 2.45) is 0 Å². The van der Waals surface area contributed by atoms with Gasteiger partial charge in [-0.3, -0.25) is 4.79 Å². The molecule has 0 spiro atoms. The molecule has 0 saturated heterocycles. The molecule has 1 rings (SSSR count). The predicted octanol–water partition coefficient (Wildman–Crippen LogP) is 2.54. The van der Waals surface area contributed by atoms with Crippen molar-refractivity contribution in [2.45, 2.75) is 13.0 Å². The number of carboxylic acids is 1. The summed E-state index contributed by atoms with van der Waals surface area (Å²) in [6.45, 7) is 1.42. The Balaban J connectivity index is 3.05. The molecule has 1 aromatic carbocycles. The summed E-state index contributed by atoms with van der Waals surface area (Å²) in [6, 6.07) is 3.71. The van der Waals surface area contributed by atoms with Crippen molar-refractivity contribution >= 4 is 35.1 Å². The molecule has 1 unspecified atom stereocenters. The molecular formula is C11H11Cl2NO3. The van der Waals surface area contributed by atoms with E-state index in [0.29, 0.717) is 0 Å². The standard InChI is InChI=1S/C11H11Cl2NO3/c1-6(11(16)17)14(2)10(15)7-4-3-5-8(12)9(7)13/h3-6H,1-2H3,(H,16,17). The van der Waals surface area contributed by atoms with Crippen molar-refractivity contribution in [2.75, 3.05) is 7.05 Å². The van der Waals surface area contributed by atoms with E-state index in [0.717, 1.165) is 4.90 Å². The zero-order valence-corrected chi connectivity index (χ0v) is 10.8. The van der Waals surface area contributed by atoms with Gasteiger partial charge in [0.25, 0.3) is 5.91 Å². The molecule has 0 aliphatic carbocycles. The Kier molecular flexibility index (Phi) is 4.37. The van der Waals surface area contributed by atoms with E-state index in [1.54, 1.807) is 12.1 Å². The second-order valence-corrected chi connectivity index (χ2v) is 4.32. The fourth-order valence-corrected chi connectivity index (χ4v) is 1.58. The molecule has 0 heterocycles. The minimum atomic E-state index is -1.08. The van der Waals surface area contributed by atoms with E-state index < -0.39 is 17.9 Å². The summed E-state index contributed by atoms with van der Waals surface area (Å²) in [7, 11) is 1.40. The van der Waals surface area contributed by atoms with Crippen LogP contribution in [0.15, 0.2) is 18.2 Å². The van der Waals surface area contributed by atoms with E-state index in [2.05, 4.69) is 0 Å². The van der Waals surface area contributed by atoms with Crippen LogP contribution in [0, 0.1) is 0 Å². The van der Waals surface area contributed by atoms with Gasteiger partial charge in [-0.1, -0.05) is 29.3 Å². The maximum Gasteiger partial charge on any atom is 0.326 e. The second kappa shape index (κ2) is 5.38. The third-order valence-corrected chi connectivity index (χ3v) is 3.26. The summed E-state index contributed by atoms with van der Waals surface area (Å²) in [5.74, 6) is -1.56. The molecule has 6 heteroatoms. The normalized spacial score (nSPS) is 12.0. The number of nitrogens with zero attached hydrogens (tertiary/aromatic N) is 1. The molecule has 0 fully saturated rings. The SMILES string of the molecule is CC(C(=O)O)N(C)C(=O)c1cccc(Cl)c1Cl. The van der Waals surface area contributed by atoms with Crippen LogP contribution in [-0.4, -0.2) is 35.0 Å². The number of aliphatic carboxylic acids is 1. The van der Waals surface area contributed by atoms with Gasteiger partial charge in [0.05, 0.1) is 15.6 Å². The molecule has 1 atom stereocenters. The maximum atomic E-state index is 12.0. The molecule has 4 nitrogen and oxygen atoms in total. The van der Waals surface area contributed by atoms with Gasteiger partial charge in [0.15, 0.2) is 0 Å². The molecule has 1 N–H and O–H groups in total. The maximum absolute atomic E-state index is 12.0. The lowest BCUT2D eigenvalue weighted by molar-refractivity contribution is -0.141. The van der Waals surface area contributed by atoms with Crippen molar-refractivity contribution in [1.82, 2.24) is 4.90 Å². The third-order valence-electron chi connectivity index (χ3n) is 2.44. The molecule has 92 valence electrons. The largest absolute Gasteiger partial charge is 0.480 e. The van der Waals surface area contributed by atoms with Crippen LogP contribution in [0.25, 0.3) is 0 Å². The Morgan fingerprint density at radius 2 is 1.94 bits per heavy atom. The minimum absolute atomic E-state index is 0.128. The highest BCUT2D eigenvalue weighted by atomic mass is 35.5. The molecule has 0 aromatic heterocycles. The Labute approximate surface area is 109 Å². The van der Waals surface area contributed by atoms with E-state index in [1.807, 2.05) is 0 Å². The Morgan fingerprint density at radius 3 is 2.47 bits per heavy atom. The number of carbonyl (C=O) groups is 2. The van der Waals surface area contributed by atoms with E-state index in [4.69, 9.17) is 28.3 Å². The minimum Gasteiger partial charge on any atom is -0.480 e. The van der Waals surface area contributed by atoms with Crippen LogP contribution in [0.2, 0.25) is 10.0 Å². The van der Waals surface area contributed by atoms with Crippen LogP contribution in [0.1, 0.15) is 17.3 Å². The summed E-state index contributed by atoms with van der Waals surface area (Å²) in [5.41, 5.74) is 0.190. The van der Waals surface area contributed by atoms with Crippen LogP contribution in [0.3, 0.4) is 0 Å². The van der Waals surface area contributed by atoms with Gasteiger partial charge >= 0.3 is 5.97 Å². The summed E-state index contributed by atoms with van der Waals surface area (Å²) < 4.78 is 0. The number of hydrogen-bond donors (Lipinski definition) is 1. The van der Waals surface area contributed by atoms with Crippen LogP contribution < -0.4 is 0 Å². The van der Waals surface area contributed by atoms with Gasteiger partial charge in [-0.05, 0) is 19.1 Å². The Hall–Kier alpha value is -1.26. The lowest BCUT2D eigenvalue weighted by Gasteiger charge is -2.22. The van der Waals surface area contributed by atoms with Crippen LogP contribution in [0.5, 0.6) is 0 Å². The van der Waals surface area contributed by atoms with Gasteiger partial charge in [0.1, 0.15) is 6.04 Å². The number of hydrogen-bond acceptors (Lipinski definition) is 2. The van der Waals surface area contributed by atoms with Crippen LogP contribution in [-0.2, 0) is 4.79 Å². The van der Waals surface area contributed by atoms with Crippen LogP contribution in [0.4, 0.5) is 0 Å². The first-order valence-electron chi connectivity index (χ1n) is 4.80. The highest BCUT2D eigenvalue weighted by Gasteiger charge is 2.24. The first-order chi connectivity index (χ1) is 7.86. The first kappa shape index (κ1) is 13.8. The molecule has 0 bridgehead atoms. The molecular weight excluding hydrogens is 265 g/mol. The van der Waals surface area contributed by atoms with Gasteiger partial charge < -0.3 is 10.0 Å². The number of rotatable bonds is 3. The van der Waals surface area contributed by atoms with E-state index >= 15 is 0 Å². The van der Waals surface area contributed by atoms with Gasteiger partial charge in [-0.25, -0.2) is 4.79 Å². The van der Waals surface area contributed by atoms with E-state index in [9.17, 15) is 9.59 Å². The summed E-state index contributed by atoms with van der Waals surface area (Å²) >= 11 is 11.7. The van der Waals surface area contributed by atoms with Gasteiger partial charge in [0.2, 0.25) is 0 Å². The van der Waals surface area contributed by atoms with Crippen molar-refractivity contribution in [3.63, 3.8) is 0 Å².